The molecule has 0 saturated carbocycles. The largest absolute Gasteiger partial charge is 0.484 e. The maximum Gasteiger partial charge on any atom is 0.326 e. The van der Waals surface area contributed by atoms with Crippen LogP contribution in [0.2, 0.25) is 0 Å². The molecule has 0 bridgehead atoms. The fourth-order valence-corrected chi connectivity index (χ4v) is 4.81. The molecule has 3 aromatic carbocycles. The van der Waals surface area contributed by atoms with E-state index in [-0.39, 0.29) is 19.1 Å². The maximum atomic E-state index is 14.2. The Morgan fingerprint density at radius 3 is 2.39 bits per heavy atom. The molecule has 0 aliphatic carbocycles. The van der Waals surface area contributed by atoms with Crippen molar-refractivity contribution in [2.24, 2.45) is 5.41 Å². The lowest BCUT2D eigenvalue weighted by Crippen LogP contribution is -2.52. The molecule has 1 amide bonds. The lowest BCUT2D eigenvalue weighted by Gasteiger charge is -2.41. The Labute approximate surface area is 193 Å². The second-order valence-electron chi connectivity index (χ2n) is 8.33. The van der Waals surface area contributed by atoms with Crippen LogP contribution in [-0.2, 0) is 25.5 Å². The lowest BCUT2D eigenvalue weighted by molar-refractivity contribution is -0.143. The molecule has 5 rings (SSSR count). The molecule has 5 nitrogen and oxygen atoms in total. The van der Waals surface area contributed by atoms with Gasteiger partial charge in [0, 0.05) is 11.3 Å². The van der Waals surface area contributed by atoms with E-state index in [1.54, 1.807) is 11.8 Å². The van der Waals surface area contributed by atoms with Crippen LogP contribution in [0, 0.1) is 5.41 Å². The summed E-state index contributed by atoms with van der Waals surface area (Å²) in [4.78, 5) is 28.2. The van der Waals surface area contributed by atoms with E-state index in [0.29, 0.717) is 12.2 Å². The van der Waals surface area contributed by atoms with E-state index in [1.165, 1.54) is 0 Å². The number of hydrogen-bond acceptors (Lipinski definition) is 4. The molecule has 2 atom stereocenters. The SMILES string of the molecule is CCOC(=O)CN1C(=O)[C@]2(C=C(c3ccccc3)O[C@H]2c2ccccc2)Cc2ccccc21. The van der Waals surface area contributed by atoms with E-state index in [1.807, 2.05) is 91.0 Å². The van der Waals surface area contributed by atoms with Crippen molar-refractivity contribution < 1.29 is 19.1 Å². The number of benzene rings is 3. The Morgan fingerprint density at radius 2 is 1.67 bits per heavy atom. The fourth-order valence-electron chi connectivity index (χ4n) is 4.81. The number of carbonyl (C=O) groups is 2. The highest BCUT2D eigenvalue weighted by molar-refractivity contribution is 6.06. The molecule has 3 aromatic rings. The molecule has 2 heterocycles. The van der Waals surface area contributed by atoms with Crippen molar-refractivity contribution in [2.75, 3.05) is 18.1 Å². The Bertz CT molecular complexity index is 1200. The van der Waals surface area contributed by atoms with Gasteiger partial charge >= 0.3 is 5.97 Å². The molecule has 0 unspecified atom stereocenters. The first kappa shape index (κ1) is 21.0. The summed E-state index contributed by atoms with van der Waals surface area (Å²) in [5, 5.41) is 0. The summed E-state index contributed by atoms with van der Waals surface area (Å²) in [6, 6.07) is 27.4. The molecule has 0 radical (unpaired) electrons. The topological polar surface area (TPSA) is 55.8 Å². The summed E-state index contributed by atoms with van der Waals surface area (Å²) in [6.45, 7) is 1.89. The molecule has 0 fully saturated rings. The average Bonchev–Trinajstić information content (AvgIpc) is 3.23. The molecule has 0 aromatic heterocycles. The van der Waals surface area contributed by atoms with Gasteiger partial charge in [-0.25, -0.2) is 0 Å². The molecule has 5 heteroatoms. The minimum absolute atomic E-state index is 0.137. The second-order valence-corrected chi connectivity index (χ2v) is 8.33. The van der Waals surface area contributed by atoms with Gasteiger partial charge in [0.1, 0.15) is 23.8 Å². The van der Waals surface area contributed by atoms with E-state index in [4.69, 9.17) is 9.47 Å². The van der Waals surface area contributed by atoms with Crippen molar-refractivity contribution in [1.82, 2.24) is 0 Å². The predicted molar refractivity (Wildman–Crippen MR) is 126 cm³/mol. The Morgan fingerprint density at radius 1 is 1.00 bits per heavy atom. The van der Waals surface area contributed by atoms with Crippen LogP contribution >= 0.6 is 0 Å². The highest BCUT2D eigenvalue weighted by Gasteiger charge is 2.55. The molecule has 1 spiro atoms. The normalized spacial score (nSPS) is 21.4. The summed E-state index contributed by atoms with van der Waals surface area (Å²) in [6.07, 6.45) is 1.92. The van der Waals surface area contributed by atoms with Gasteiger partial charge < -0.3 is 14.4 Å². The van der Waals surface area contributed by atoms with Gasteiger partial charge in [-0.05, 0) is 36.6 Å². The number of amides is 1. The molecular weight excluding hydrogens is 414 g/mol. The highest BCUT2D eigenvalue weighted by atomic mass is 16.5. The summed E-state index contributed by atoms with van der Waals surface area (Å²) in [5.74, 6) is 0.0856. The van der Waals surface area contributed by atoms with Crippen LogP contribution in [-0.4, -0.2) is 25.0 Å². The molecule has 0 N–H and O–H groups in total. The number of rotatable bonds is 5. The van der Waals surface area contributed by atoms with Gasteiger partial charge in [0.15, 0.2) is 0 Å². The molecular formula is C28H25NO4. The molecule has 2 aliphatic rings. The monoisotopic (exact) mass is 439 g/mol. The average molecular weight is 440 g/mol. The zero-order valence-corrected chi connectivity index (χ0v) is 18.4. The first-order chi connectivity index (χ1) is 16.1. The first-order valence-electron chi connectivity index (χ1n) is 11.2. The molecule has 33 heavy (non-hydrogen) atoms. The van der Waals surface area contributed by atoms with Crippen molar-refractivity contribution in [3.8, 4) is 0 Å². The standard InChI is InChI=1S/C28H25NO4/c1-2-32-25(30)19-29-23-16-10-9-15-22(23)17-28(27(29)31)18-24(20-11-5-3-6-12-20)33-26(28)21-13-7-4-8-14-21/h3-16,18,26H,2,17,19H2,1H3/t26-,28-/m0/s1. The van der Waals surface area contributed by atoms with Crippen LogP contribution in [0.4, 0.5) is 5.69 Å². The molecule has 2 aliphatic heterocycles. The van der Waals surface area contributed by atoms with Crippen molar-refractivity contribution in [1.29, 1.82) is 0 Å². The minimum atomic E-state index is -0.979. The van der Waals surface area contributed by atoms with Gasteiger partial charge in [-0.15, -0.1) is 0 Å². The summed E-state index contributed by atoms with van der Waals surface area (Å²) >= 11 is 0. The van der Waals surface area contributed by atoms with Crippen LogP contribution in [0.1, 0.15) is 29.7 Å². The number of carbonyl (C=O) groups excluding carboxylic acids is 2. The Kier molecular flexibility index (Phi) is 5.47. The Hall–Kier alpha value is -3.86. The van der Waals surface area contributed by atoms with Crippen LogP contribution < -0.4 is 4.90 Å². The lowest BCUT2D eigenvalue weighted by atomic mass is 9.71. The third-order valence-electron chi connectivity index (χ3n) is 6.26. The number of esters is 1. The van der Waals surface area contributed by atoms with Gasteiger partial charge in [-0.1, -0.05) is 78.9 Å². The van der Waals surface area contributed by atoms with Crippen LogP contribution in [0.25, 0.3) is 5.76 Å². The van der Waals surface area contributed by atoms with Gasteiger partial charge in [-0.2, -0.15) is 0 Å². The highest BCUT2D eigenvalue weighted by Crippen LogP contribution is 2.54. The van der Waals surface area contributed by atoms with E-state index in [9.17, 15) is 9.59 Å². The predicted octanol–water partition coefficient (Wildman–Crippen LogP) is 4.94. The quantitative estimate of drug-likeness (QED) is 0.529. The van der Waals surface area contributed by atoms with E-state index in [2.05, 4.69) is 0 Å². The van der Waals surface area contributed by atoms with Crippen LogP contribution in [0.3, 0.4) is 0 Å². The molecule has 166 valence electrons. The van der Waals surface area contributed by atoms with Gasteiger partial charge in [0.05, 0.1) is 6.61 Å². The second kappa shape index (κ2) is 8.58. The zero-order chi connectivity index (χ0) is 22.8. The van der Waals surface area contributed by atoms with Crippen molar-refractivity contribution in [3.63, 3.8) is 0 Å². The third kappa shape index (κ3) is 3.69. The van der Waals surface area contributed by atoms with Crippen LogP contribution in [0.5, 0.6) is 0 Å². The number of fused-ring (bicyclic) bond motifs is 1. The smallest absolute Gasteiger partial charge is 0.326 e. The van der Waals surface area contributed by atoms with E-state index in [0.717, 1.165) is 22.4 Å². The maximum absolute atomic E-state index is 14.2. The van der Waals surface area contributed by atoms with E-state index >= 15 is 0 Å². The summed E-state index contributed by atoms with van der Waals surface area (Å²) in [7, 11) is 0. The fraction of sp³-hybridized carbons (Fsp3) is 0.214. The summed E-state index contributed by atoms with van der Waals surface area (Å²) < 4.78 is 11.7. The minimum Gasteiger partial charge on any atom is -0.484 e. The number of para-hydroxylation sites is 1. The number of hydrogen-bond donors (Lipinski definition) is 0. The van der Waals surface area contributed by atoms with Crippen molar-refractivity contribution in [2.45, 2.75) is 19.4 Å². The van der Waals surface area contributed by atoms with Crippen molar-refractivity contribution in [3.05, 3.63) is 108 Å². The number of nitrogens with zero attached hydrogens (tertiary/aromatic N) is 1. The van der Waals surface area contributed by atoms with E-state index < -0.39 is 17.5 Å². The third-order valence-corrected chi connectivity index (χ3v) is 6.26. The van der Waals surface area contributed by atoms with Crippen molar-refractivity contribution >= 4 is 23.3 Å². The van der Waals surface area contributed by atoms with Crippen LogP contribution in [0.15, 0.2) is 91.0 Å². The van der Waals surface area contributed by atoms with Gasteiger partial charge in [0.2, 0.25) is 5.91 Å². The first-order valence-corrected chi connectivity index (χ1v) is 11.2. The Balaban J connectivity index is 1.65. The zero-order valence-electron chi connectivity index (χ0n) is 18.4. The number of anilines is 1. The number of ether oxygens (including phenoxy) is 2. The van der Waals surface area contributed by atoms with Gasteiger partial charge in [-0.3, -0.25) is 9.59 Å². The molecule has 0 saturated heterocycles. The summed E-state index contributed by atoms with van der Waals surface area (Å²) in [5.41, 5.74) is 2.60. The van der Waals surface area contributed by atoms with Gasteiger partial charge in [0.25, 0.3) is 0 Å².